The Kier molecular flexibility index (Phi) is 4.02. The third kappa shape index (κ3) is 2.92. The van der Waals surface area contributed by atoms with E-state index in [1.54, 1.807) is 12.1 Å². The van der Waals surface area contributed by atoms with Crippen LogP contribution in [0.15, 0.2) is 42.5 Å². The lowest BCUT2D eigenvalue weighted by molar-refractivity contribution is -0.116. The molecule has 2 N–H and O–H groups in total. The van der Waals surface area contributed by atoms with Crippen molar-refractivity contribution in [3.8, 4) is 22.6 Å². The van der Waals surface area contributed by atoms with Crippen molar-refractivity contribution in [3.63, 3.8) is 0 Å². The zero-order valence-corrected chi connectivity index (χ0v) is 15.7. The van der Waals surface area contributed by atoms with Gasteiger partial charge in [-0.15, -0.1) is 11.3 Å². The highest BCUT2D eigenvalue weighted by Crippen LogP contribution is 2.50. The monoisotopic (exact) mass is 411 g/mol. The molecule has 0 bridgehead atoms. The Bertz CT molecular complexity index is 1170. The molecule has 0 saturated heterocycles. The predicted molar refractivity (Wildman–Crippen MR) is 104 cm³/mol. The number of carboxylic acid groups (broad SMARTS) is 1. The van der Waals surface area contributed by atoms with Crippen molar-refractivity contribution < 1.29 is 28.6 Å². The van der Waals surface area contributed by atoms with Gasteiger partial charge in [0.25, 0.3) is 0 Å². The van der Waals surface area contributed by atoms with Gasteiger partial charge in [0.05, 0.1) is 5.69 Å². The number of carbonyl (C=O) groups is 2. The molecule has 0 fully saturated rings. The number of hydrogen-bond acceptors (Lipinski definition) is 5. The van der Waals surface area contributed by atoms with Gasteiger partial charge in [0.2, 0.25) is 12.7 Å². The number of thiophene rings is 1. The van der Waals surface area contributed by atoms with Crippen LogP contribution in [0.5, 0.6) is 11.5 Å². The van der Waals surface area contributed by atoms with Crippen molar-refractivity contribution in [1.82, 2.24) is 0 Å². The van der Waals surface area contributed by atoms with E-state index in [0.717, 1.165) is 21.8 Å². The summed E-state index contributed by atoms with van der Waals surface area (Å²) < 4.78 is 24.6. The third-order valence-corrected chi connectivity index (χ3v) is 6.30. The van der Waals surface area contributed by atoms with E-state index in [4.69, 9.17) is 9.47 Å². The lowest BCUT2D eigenvalue weighted by Crippen LogP contribution is -2.22. The largest absolute Gasteiger partial charge is 0.477 e. The van der Waals surface area contributed by atoms with E-state index in [-0.39, 0.29) is 29.9 Å². The maximum atomic E-state index is 13.8. The van der Waals surface area contributed by atoms with E-state index in [1.807, 2.05) is 12.1 Å². The van der Waals surface area contributed by atoms with Gasteiger partial charge in [0, 0.05) is 22.8 Å². The summed E-state index contributed by atoms with van der Waals surface area (Å²) in [6, 6.07) is 11.2. The van der Waals surface area contributed by atoms with Gasteiger partial charge in [-0.25, -0.2) is 9.18 Å². The number of anilines is 1. The van der Waals surface area contributed by atoms with Crippen LogP contribution in [0.1, 0.15) is 32.5 Å². The van der Waals surface area contributed by atoms with E-state index in [2.05, 4.69) is 5.32 Å². The smallest absolute Gasteiger partial charge is 0.346 e. The molecule has 2 aliphatic heterocycles. The minimum Gasteiger partial charge on any atom is -0.477 e. The molecule has 1 aromatic heterocycles. The lowest BCUT2D eigenvalue weighted by Gasteiger charge is -2.24. The number of amides is 1. The summed E-state index contributed by atoms with van der Waals surface area (Å²) >= 11 is 1.10. The fourth-order valence-corrected chi connectivity index (χ4v) is 5.00. The Morgan fingerprint density at radius 2 is 2.00 bits per heavy atom. The van der Waals surface area contributed by atoms with Crippen LogP contribution >= 0.6 is 11.3 Å². The number of ether oxygens (including phenoxy) is 2. The fourth-order valence-electron chi connectivity index (χ4n) is 3.76. The van der Waals surface area contributed by atoms with Crippen LogP contribution in [-0.4, -0.2) is 23.8 Å². The van der Waals surface area contributed by atoms with E-state index < -0.39 is 11.8 Å². The Labute approximate surface area is 168 Å². The number of benzene rings is 2. The van der Waals surface area contributed by atoms with Crippen molar-refractivity contribution in [1.29, 1.82) is 0 Å². The minimum absolute atomic E-state index is 0.0635. The first-order valence-corrected chi connectivity index (χ1v) is 9.68. The molecule has 1 amide bonds. The van der Waals surface area contributed by atoms with Crippen LogP contribution < -0.4 is 14.8 Å². The first kappa shape index (κ1) is 17.7. The Hall–Kier alpha value is -3.39. The molecule has 0 saturated carbocycles. The highest BCUT2D eigenvalue weighted by atomic mass is 32.1. The molecule has 0 aliphatic carbocycles. The van der Waals surface area contributed by atoms with Crippen molar-refractivity contribution in [2.45, 2.75) is 12.3 Å². The molecule has 1 atom stereocenters. The molecular formula is C21H14FNO5S. The summed E-state index contributed by atoms with van der Waals surface area (Å²) in [5.41, 5.74) is 1.99. The van der Waals surface area contributed by atoms with Crippen molar-refractivity contribution in [3.05, 3.63) is 63.6 Å². The van der Waals surface area contributed by atoms with Gasteiger partial charge in [0.15, 0.2) is 11.5 Å². The zero-order valence-electron chi connectivity index (χ0n) is 14.9. The maximum Gasteiger partial charge on any atom is 0.346 e. The van der Waals surface area contributed by atoms with E-state index in [0.29, 0.717) is 28.3 Å². The number of aromatic carboxylic acids is 1. The van der Waals surface area contributed by atoms with Gasteiger partial charge in [-0.05, 0) is 35.4 Å². The van der Waals surface area contributed by atoms with Crippen molar-refractivity contribution in [2.24, 2.45) is 0 Å². The first-order chi connectivity index (χ1) is 14.0. The number of halogens is 1. The molecule has 146 valence electrons. The quantitative estimate of drug-likeness (QED) is 0.665. The lowest BCUT2D eigenvalue weighted by atomic mass is 9.88. The summed E-state index contributed by atoms with van der Waals surface area (Å²) in [7, 11) is 0. The van der Waals surface area contributed by atoms with Crippen LogP contribution in [0.25, 0.3) is 11.1 Å². The normalized spacial score (nSPS) is 17.0. The van der Waals surface area contributed by atoms with E-state index in [9.17, 15) is 19.1 Å². The predicted octanol–water partition coefficient (Wildman–Crippen LogP) is 4.46. The number of hydrogen-bond donors (Lipinski definition) is 2. The summed E-state index contributed by atoms with van der Waals surface area (Å²) in [4.78, 5) is 25.2. The van der Waals surface area contributed by atoms with Crippen LogP contribution in [-0.2, 0) is 4.79 Å². The van der Waals surface area contributed by atoms with Crippen LogP contribution in [0, 0.1) is 5.82 Å². The summed E-state index contributed by atoms with van der Waals surface area (Å²) in [5, 5.41) is 12.6. The Balaban J connectivity index is 1.70. The van der Waals surface area contributed by atoms with E-state index >= 15 is 0 Å². The molecule has 0 radical (unpaired) electrons. The molecule has 1 unspecified atom stereocenters. The Morgan fingerprint density at radius 1 is 1.17 bits per heavy atom. The van der Waals surface area contributed by atoms with E-state index in [1.165, 1.54) is 18.2 Å². The number of carbonyl (C=O) groups excluding carboxylic acids is 1. The topological polar surface area (TPSA) is 84.9 Å². The van der Waals surface area contributed by atoms with Gasteiger partial charge < -0.3 is 19.9 Å². The van der Waals surface area contributed by atoms with Gasteiger partial charge >= 0.3 is 5.97 Å². The van der Waals surface area contributed by atoms with Gasteiger partial charge in [-0.2, -0.15) is 0 Å². The third-order valence-electron chi connectivity index (χ3n) is 5.01. The fraction of sp³-hybridized carbons (Fsp3) is 0.143. The molecule has 2 aliphatic rings. The first-order valence-electron chi connectivity index (χ1n) is 8.86. The number of rotatable bonds is 3. The number of carboxylic acids is 1. The van der Waals surface area contributed by atoms with Gasteiger partial charge in [-0.3, -0.25) is 4.79 Å². The maximum absolute atomic E-state index is 13.8. The molecule has 0 spiro atoms. The molecule has 3 aromatic rings. The van der Waals surface area contributed by atoms with Gasteiger partial charge in [0.1, 0.15) is 10.7 Å². The van der Waals surface area contributed by atoms with Crippen molar-refractivity contribution in [2.75, 3.05) is 12.1 Å². The standard InChI is InChI=1S/C21H14FNO5S/c22-12-3-1-2-11(6-12)17-18-19(29-20(17)21(25)26)13(8-16(24)23-18)10-4-5-14-15(7-10)28-9-27-14/h1-7,13H,8-9H2,(H,23,24)(H,25,26). The SMILES string of the molecule is O=C1CC(c2ccc3c(c2)OCO3)c2sc(C(=O)O)c(-c3cccc(F)c3)c2N1. The molecule has 3 heterocycles. The second kappa shape index (κ2) is 6.59. The van der Waals surface area contributed by atoms with Crippen LogP contribution in [0.2, 0.25) is 0 Å². The molecular weight excluding hydrogens is 397 g/mol. The summed E-state index contributed by atoms with van der Waals surface area (Å²) in [6.45, 7) is 0.140. The highest BCUT2D eigenvalue weighted by molar-refractivity contribution is 7.15. The number of nitrogens with one attached hydrogen (secondary N) is 1. The molecule has 8 heteroatoms. The van der Waals surface area contributed by atoms with Gasteiger partial charge in [-0.1, -0.05) is 18.2 Å². The number of fused-ring (bicyclic) bond motifs is 2. The highest BCUT2D eigenvalue weighted by Gasteiger charge is 2.35. The Morgan fingerprint density at radius 3 is 2.79 bits per heavy atom. The van der Waals surface area contributed by atoms with Crippen LogP contribution in [0.3, 0.4) is 0 Å². The second-order valence-corrected chi connectivity index (χ2v) is 7.83. The minimum atomic E-state index is -1.12. The molecule has 5 rings (SSSR count). The van der Waals surface area contributed by atoms with Crippen LogP contribution in [0.4, 0.5) is 10.1 Å². The average Bonchev–Trinajstić information content (AvgIpc) is 3.31. The average molecular weight is 411 g/mol. The molecule has 29 heavy (non-hydrogen) atoms. The second-order valence-electron chi connectivity index (χ2n) is 6.78. The zero-order chi connectivity index (χ0) is 20.1. The summed E-state index contributed by atoms with van der Waals surface area (Å²) in [5.74, 6) is -0.940. The summed E-state index contributed by atoms with van der Waals surface area (Å²) in [6.07, 6.45) is 0.175. The van der Waals surface area contributed by atoms with Crippen molar-refractivity contribution >= 4 is 28.9 Å². The molecule has 6 nitrogen and oxygen atoms in total. The molecule has 2 aromatic carbocycles.